The van der Waals surface area contributed by atoms with Gasteiger partial charge in [-0.05, 0) is 30.4 Å². The zero-order valence-corrected chi connectivity index (χ0v) is 14.0. The van der Waals surface area contributed by atoms with Crippen molar-refractivity contribution in [2.45, 2.75) is 77.6 Å². The number of carbonyl (C=O) groups is 1. The van der Waals surface area contributed by atoms with Crippen molar-refractivity contribution in [1.29, 1.82) is 0 Å². The molecule has 0 amide bonds. The summed E-state index contributed by atoms with van der Waals surface area (Å²) in [4.78, 5) is 11.2. The molecule has 0 radical (unpaired) electrons. The highest BCUT2D eigenvalue weighted by molar-refractivity contribution is 5.91. The Hall–Kier alpha value is -1.51. The van der Waals surface area contributed by atoms with Gasteiger partial charge in [-0.3, -0.25) is 0 Å². The molecule has 1 atom stereocenters. The molecule has 0 aliphatic heterocycles. The minimum atomic E-state index is -1.06. The van der Waals surface area contributed by atoms with Gasteiger partial charge in [0, 0.05) is 0 Å². The lowest BCUT2D eigenvalue weighted by Gasteiger charge is -2.19. The van der Waals surface area contributed by atoms with Gasteiger partial charge in [0.25, 0.3) is 0 Å². The highest BCUT2D eigenvalue weighted by Gasteiger charge is 2.19. The molecule has 0 spiro atoms. The maximum atomic E-state index is 11.2. The van der Waals surface area contributed by atoms with Gasteiger partial charge in [0.2, 0.25) is 0 Å². The Kier molecular flexibility index (Phi) is 8.64. The van der Waals surface area contributed by atoms with Crippen LogP contribution in [0, 0.1) is 0 Å². The molecule has 2 N–H and O–H groups in total. The Morgan fingerprint density at radius 2 is 1.64 bits per heavy atom. The van der Waals surface area contributed by atoms with Crippen molar-refractivity contribution < 1.29 is 15.0 Å². The summed E-state index contributed by atoms with van der Waals surface area (Å²) in [5.41, 5.74) is 0.828. The molecule has 0 aliphatic carbocycles. The third kappa shape index (κ3) is 5.70. The molecule has 1 aromatic carbocycles. The van der Waals surface area contributed by atoms with Crippen LogP contribution in [0.25, 0.3) is 0 Å². The van der Waals surface area contributed by atoms with Crippen LogP contribution < -0.4 is 0 Å². The summed E-state index contributed by atoms with van der Waals surface area (Å²) in [6.07, 6.45) is 10.4. The highest BCUT2D eigenvalue weighted by Crippen LogP contribution is 2.35. The van der Waals surface area contributed by atoms with E-state index < -0.39 is 5.97 Å². The van der Waals surface area contributed by atoms with Gasteiger partial charge >= 0.3 is 5.97 Å². The predicted molar refractivity (Wildman–Crippen MR) is 90.7 cm³/mol. The standard InChI is InChI=1S/C19H30O3/c1-3-5-7-8-9-12-15(11-6-4-2)16-13-10-14-17(18(16)20)19(21)22/h10,13-15,20H,3-9,11-12H2,1-2H3,(H,21,22). The van der Waals surface area contributed by atoms with Gasteiger partial charge < -0.3 is 10.2 Å². The van der Waals surface area contributed by atoms with E-state index in [0.717, 1.165) is 37.7 Å². The minimum absolute atomic E-state index is 0.0185. The molecule has 1 aromatic rings. The summed E-state index contributed by atoms with van der Waals surface area (Å²) in [7, 11) is 0. The molecule has 124 valence electrons. The van der Waals surface area contributed by atoms with E-state index in [-0.39, 0.29) is 17.2 Å². The van der Waals surface area contributed by atoms with Crippen molar-refractivity contribution in [1.82, 2.24) is 0 Å². The minimum Gasteiger partial charge on any atom is -0.507 e. The first kappa shape index (κ1) is 18.5. The molecule has 1 rings (SSSR count). The number of para-hydroxylation sites is 1. The van der Waals surface area contributed by atoms with Gasteiger partial charge in [-0.1, -0.05) is 70.9 Å². The average molecular weight is 306 g/mol. The number of aromatic hydroxyl groups is 1. The van der Waals surface area contributed by atoms with Gasteiger partial charge in [0.05, 0.1) is 0 Å². The largest absolute Gasteiger partial charge is 0.507 e. The summed E-state index contributed by atoms with van der Waals surface area (Å²) < 4.78 is 0. The van der Waals surface area contributed by atoms with Crippen LogP contribution in [-0.2, 0) is 0 Å². The third-order valence-corrected chi connectivity index (χ3v) is 4.30. The van der Waals surface area contributed by atoms with E-state index >= 15 is 0 Å². The molecule has 0 aromatic heterocycles. The second kappa shape index (κ2) is 10.3. The molecule has 3 heteroatoms. The normalized spacial score (nSPS) is 12.3. The average Bonchev–Trinajstić information content (AvgIpc) is 2.50. The fourth-order valence-corrected chi connectivity index (χ4v) is 2.96. The lowest BCUT2D eigenvalue weighted by Crippen LogP contribution is -2.04. The molecule has 0 saturated carbocycles. The molecule has 0 aliphatic rings. The molecular weight excluding hydrogens is 276 g/mol. The summed E-state index contributed by atoms with van der Waals surface area (Å²) in [5.74, 6) is -0.831. The van der Waals surface area contributed by atoms with E-state index in [1.807, 2.05) is 6.07 Å². The van der Waals surface area contributed by atoms with Crippen molar-refractivity contribution >= 4 is 5.97 Å². The first-order valence-electron chi connectivity index (χ1n) is 8.66. The van der Waals surface area contributed by atoms with Crippen LogP contribution in [0.4, 0.5) is 0 Å². The van der Waals surface area contributed by atoms with Crippen LogP contribution in [0.1, 0.15) is 93.5 Å². The van der Waals surface area contributed by atoms with E-state index in [2.05, 4.69) is 13.8 Å². The first-order chi connectivity index (χ1) is 10.6. The summed E-state index contributed by atoms with van der Waals surface area (Å²) in [5, 5.41) is 19.5. The Labute approximate surface area is 134 Å². The zero-order chi connectivity index (χ0) is 16.4. The SMILES string of the molecule is CCCCCCCC(CCCC)c1cccc(C(=O)O)c1O. The Bertz CT molecular complexity index is 454. The van der Waals surface area contributed by atoms with Crippen LogP contribution >= 0.6 is 0 Å². The maximum absolute atomic E-state index is 11.2. The van der Waals surface area contributed by atoms with E-state index in [1.165, 1.54) is 31.7 Å². The van der Waals surface area contributed by atoms with E-state index in [1.54, 1.807) is 6.07 Å². The summed E-state index contributed by atoms with van der Waals surface area (Å²) >= 11 is 0. The Morgan fingerprint density at radius 1 is 1.00 bits per heavy atom. The maximum Gasteiger partial charge on any atom is 0.339 e. The molecule has 0 heterocycles. The molecule has 0 bridgehead atoms. The first-order valence-corrected chi connectivity index (χ1v) is 8.66. The Morgan fingerprint density at radius 3 is 2.27 bits per heavy atom. The van der Waals surface area contributed by atoms with E-state index in [0.29, 0.717) is 0 Å². The van der Waals surface area contributed by atoms with Gasteiger partial charge in [-0.2, -0.15) is 0 Å². The monoisotopic (exact) mass is 306 g/mol. The van der Waals surface area contributed by atoms with Crippen LogP contribution in [0.2, 0.25) is 0 Å². The number of hydrogen-bond acceptors (Lipinski definition) is 2. The zero-order valence-electron chi connectivity index (χ0n) is 14.0. The number of carboxylic acid groups (broad SMARTS) is 1. The number of hydrogen-bond donors (Lipinski definition) is 2. The topological polar surface area (TPSA) is 57.5 Å². The molecule has 22 heavy (non-hydrogen) atoms. The van der Waals surface area contributed by atoms with E-state index in [9.17, 15) is 9.90 Å². The van der Waals surface area contributed by atoms with Gasteiger partial charge in [-0.25, -0.2) is 4.79 Å². The molecule has 3 nitrogen and oxygen atoms in total. The number of rotatable bonds is 11. The van der Waals surface area contributed by atoms with Gasteiger partial charge in [0.15, 0.2) is 0 Å². The summed E-state index contributed by atoms with van der Waals surface area (Å²) in [6.45, 7) is 4.37. The molecular formula is C19H30O3. The second-order valence-electron chi connectivity index (χ2n) is 6.09. The molecule has 0 saturated heterocycles. The van der Waals surface area contributed by atoms with E-state index in [4.69, 9.17) is 5.11 Å². The number of phenols is 1. The fourth-order valence-electron chi connectivity index (χ4n) is 2.96. The Balaban J connectivity index is 2.78. The van der Waals surface area contributed by atoms with Gasteiger partial charge in [0.1, 0.15) is 11.3 Å². The fraction of sp³-hybridized carbons (Fsp3) is 0.632. The lowest BCUT2D eigenvalue weighted by atomic mass is 9.87. The predicted octanol–water partition coefficient (Wildman–Crippen LogP) is 5.72. The quantitative estimate of drug-likeness (QED) is 0.514. The number of benzene rings is 1. The number of carboxylic acids is 1. The lowest BCUT2D eigenvalue weighted by molar-refractivity contribution is 0.0693. The smallest absolute Gasteiger partial charge is 0.339 e. The second-order valence-corrected chi connectivity index (χ2v) is 6.09. The van der Waals surface area contributed by atoms with Crippen LogP contribution in [0.15, 0.2) is 18.2 Å². The highest BCUT2D eigenvalue weighted by atomic mass is 16.4. The van der Waals surface area contributed by atoms with Crippen LogP contribution in [-0.4, -0.2) is 16.2 Å². The van der Waals surface area contributed by atoms with Crippen molar-refractivity contribution in [3.05, 3.63) is 29.3 Å². The third-order valence-electron chi connectivity index (χ3n) is 4.30. The van der Waals surface area contributed by atoms with Crippen molar-refractivity contribution in [2.24, 2.45) is 0 Å². The number of unbranched alkanes of at least 4 members (excludes halogenated alkanes) is 5. The van der Waals surface area contributed by atoms with Crippen LogP contribution in [0.5, 0.6) is 5.75 Å². The number of aromatic carboxylic acids is 1. The van der Waals surface area contributed by atoms with Crippen LogP contribution in [0.3, 0.4) is 0 Å². The van der Waals surface area contributed by atoms with Crippen molar-refractivity contribution in [3.8, 4) is 5.75 Å². The van der Waals surface area contributed by atoms with Gasteiger partial charge in [-0.15, -0.1) is 0 Å². The summed E-state index contributed by atoms with van der Waals surface area (Å²) in [6, 6.07) is 5.10. The molecule has 1 unspecified atom stereocenters. The van der Waals surface area contributed by atoms with Crippen molar-refractivity contribution in [3.63, 3.8) is 0 Å². The molecule has 0 fully saturated rings. The van der Waals surface area contributed by atoms with Crippen molar-refractivity contribution in [2.75, 3.05) is 0 Å².